The number of carbonyl (C=O) groups is 1. The molecule has 21 heavy (non-hydrogen) atoms. The summed E-state index contributed by atoms with van der Waals surface area (Å²) in [5.74, 6) is 2.39. The molecule has 2 bridgehead atoms. The van der Waals surface area contributed by atoms with Gasteiger partial charge in [0.1, 0.15) is 0 Å². The second kappa shape index (κ2) is 8.81. The van der Waals surface area contributed by atoms with E-state index in [0.717, 1.165) is 30.8 Å². The van der Waals surface area contributed by atoms with E-state index in [0.29, 0.717) is 24.0 Å². The fraction of sp³-hybridized carbons (Fsp3) is 0.812. The van der Waals surface area contributed by atoms with Crippen LogP contribution in [0.3, 0.4) is 0 Å². The third-order valence-electron chi connectivity index (χ3n) is 4.47. The van der Waals surface area contributed by atoms with Crippen molar-refractivity contribution in [1.29, 1.82) is 0 Å². The highest BCUT2D eigenvalue weighted by Crippen LogP contribution is 2.46. The van der Waals surface area contributed by atoms with E-state index in [-0.39, 0.29) is 13.0 Å². The molecule has 0 aromatic heterocycles. The van der Waals surface area contributed by atoms with Crippen LogP contribution in [-0.4, -0.2) is 46.5 Å². The van der Waals surface area contributed by atoms with Crippen LogP contribution in [0.2, 0.25) is 0 Å². The van der Waals surface area contributed by atoms with Crippen LogP contribution in [0.1, 0.15) is 38.5 Å². The summed E-state index contributed by atoms with van der Waals surface area (Å²) in [5.41, 5.74) is 0. The zero-order valence-electron chi connectivity index (χ0n) is 12.4. The molecule has 2 heterocycles. The number of hydrogen-bond donors (Lipinski definition) is 2. The molecule has 2 rings (SSSR count). The maximum absolute atomic E-state index is 10.4. The highest BCUT2D eigenvalue weighted by molar-refractivity contribution is 7.99. The largest absolute Gasteiger partial charge is 0.481 e. The lowest BCUT2D eigenvalue weighted by Gasteiger charge is -2.26. The molecule has 0 aliphatic carbocycles. The molecule has 2 saturated heterocycles. The maximum atomic E-state index is 10.4. The molecule has 2 N–H and O–H groups in total. The fourth-order valence-electron chi connectivity index (χ4n) is 3.45. The zero-order valence-corrected chi connectivity index (χ0v) is 13.3. The van der Waals surface area contributed by atoms with E-state index >= 15 is 0 Å². The number of ether oxygens (including phenoxy) is 1. The quantitative estimate of drug-likeness (QED) is 0.479. The Balaban J connectivity index is 1.72. The van der Waals surface area contributed by atoms with Crippen LogP contribution >= 0.6 is 11.8 Å². The Morgan fingerprint density at radius 1 is 1.24 bits per heavy atom. The van der Waals surface area contributed by atoms with E-state index in [4.69, 9.17) is 14.9 Å². The standard InChI is InChI=1S/C16H26O4S/c17-9-10-21-11-13-12(14-7-8-15(13)20-14)5-3-1-2-4-6-16(18)19/h1,3,12-15,17H,2,4-11H2,(H,18,19)/t12-,13-,14-,15+/m1/s1. The zero-order chi connectivity index (χ0) is 15.1. The van der Waals surface area contributed by atoms with Crippen molar-refractivity contribution in [3.05, 3.63) is 12.2 Å². The summed E-state index contributed by atoms with van der Waals surface area (Å²) in [6.07, 6.45) is 10.4. The molecule has 2 aliphatic heterocycles. The average molecular weight is 314 g/mol. The number of thioether (sulfide) groups is 1. The van der Waals surface area contributed by atoms with E-state index in [1.165, 1.54) is 12.8 Å². The van der Waals surface area contributed by atoms with E-state index < -0.39 is 5.97 Å². The summed E-state index contributed by atoms with van der Waals surface area (Å²) in [4.78, 5) is 10.4. The second-order valence-electron chi connectivity index (χ2n) is 5.91. The number of fused-ring (bicyclic) bond motifs is 2. The summed E-state index contributed by atoms with van der Waals surface area (Å²) in [7, 11) is 0. The van der Waals surface area contributed by atoms with Crippen molar-refractivity contribution < 1.29 is 19.7 Å². The van der Waals surface area contributed by atoms with Crippen LogP contribution in [0.15, 0.2) is 12.2 Å². The first-order valence-electron chi connectivity index (χ1n) is 7.93. The molecule has 0 spiro atoms. The third-order valence-corrected chi connectivity index (χ3v) is 5.56. The van der Waals surface area contributed by atoms with Crippen LogP contribution in [0.4, 0.5) is 0 Å². The van der Waals surface area contributed by atoms with Crippen molar-refractivity contribution in [3.63, 3.8) is 0 Å². The number of carboxylic acids is 1. The van der Waals surface area contributed by atoms with Crippen LogP contribution in [0, 0.1) is 11.8 Å². The Labute approximate surface area is 130 Å². The van der Waals surface area contributed by atoms with Gasteiger partial charge in [0, 0.05) is 12.2 Å². The molecule has 120 valence electrons. The summed E-state index contributed by atoms with van der Waals surface area (Å²) in [6.45, 7) is 0.250. The highest BCUT2D eigenvalue weighted by atomic mass is 32.2. The van der Waals surface area contributed by atoms with Gasteiger partial charge >= 0.3 is 5.97 Å². The number of aliphatic hydroxyl groups excluding tert-OH is 1. The molecule has 0 unspecified atom stereocenters. The molecule has 4 atom stereocenters. The van der Waals surface area contributed by atoms with E-state index in [2.05, 4.69) is 12.2 Å². The topological polar surface area (TPSA) is 66.8 Å². The van der Waals surface area contributed by atoms with Gasteiger partial charge in [-0.3, -0.25) is 4.79 Å². The van der Waals surface area contributed by atoms with Crippen LogP contribution in [0.25, 0.3) is 0 Å². The first-order valence-corrected chi connectivity index (χ1v) is 9.08. The maximum Gasteiger partial charge on any atom is 0.303 e. The fourth-order valence-corrected chi connectivity index (χ4v) is 4.48. The van der Waals surface area contributed by atoms with Gasteiger partial charge in [-0.2, -0.15) is 11.8 Å². The molecular formula is C16H26O4S. The van der Waals surface area contributed by atoms with Gasteiger partial charge in [0.05, 0.1) is 18.8 Å². The SMILES string of the molecule is O=C(O)CCCC=CC[C@@H]1[C@@H](CSCCO)[C@@H]2CC[C@H]1O2. The van der Waals surface area contributed by atoms with Crippen molar-refractivity contribution in [2.45, 2.75) is 50.7 Å². The molecule has 2 aliphatic rings. The Morgan fingerprint density at radius 3 is 2.71 bits per heavy atom. The molecule has 4 nitrogen and oxygen atoms in total. The van der Waals surface area contributed by atoms with Gasteiger partial charge in [-0.15, -0.1) is 0 Å². The Morgan fingerprint density at radius 2 is 2.00 bits per heavy atom. The van der Waals surface area contributed by atoms with E-state index in [9.17, 15) is 4.79 Å². The molecule has 0 saturated carbocycles. The summed E-state index contributed by atoms with van der Waals surface area (Å²) < 4.78 is 6.05. The molecule has 2 fully saturated rings. The first kappa shape index (κ1) is 16.8. The monoisotopic (exact) mass is 314 g/mol. The number of rotatable bonds is 10. The molecule has 0 amide bonds. The minimum absolute atomic E-state index is 0.250. The second-order valence-corrected chi connectivity index (χ2v) is 7.06. The lowest BCUT2D eigenvalue weighted by molar-refractivity contribution is -0.137. The number of aliphatic carboxylic acids is 1. The molecule has 0 radical (unpaired) electrons. The highest BCUT2D eigenvalue weighted by Gasteiger charge is 2.47. The van der Waals surface area contributed by atoms with Gasteiger partial charge in [-0.25, -0.2) is 0 Å². The summed E-state index contributed by atoms with van der Waals surface area (Å²) >= 11 is 1.83. The molecule has 0 aromatic rings. The number of aliphatic hydroxyl groups is 1. The van der Waals surface area contributed by atoms with Crippen molar-refractivity contribution in [1.82, 2.24) is 0 Å². The normalized spacial score (nSPS) is 31.3. The van der Waals surface area contributed by atoms with Crippen molar-refractivity contribution >= 4 is 17.7 Å². The Bertz CT molecular complexity index is 358. The number of allylic oxidation sites excluding steroid dienone is 2. The first-order chi connectivity index (χ1) is 10.2. The van der Waals surface area contributed by atoms with Gasteiger partial charge < -0.3 is 14.9 Å². The van der Waals surface area contributed by atoms with Crippen LogP contribution in [0.5, 0.6) is 0 Å². The smallest absolute Gasteiger partial charge is 0.303 e. The number of carboxylic acid groups (broad SMARTS) is 1. The van der Waals surface area contributed by atoms with Gasteiger partial charge in [0.15, 0.2) is 0 Å². The van der Waals surface area contributed by atoms with Crippen molar-refractivity contribution in [2.24, 2.45) is 11.8 Å². The van der Waals surface area contributed by atoms with Crippen LogP contribution in [-0.2, 0) is 9.53 Å². The van der Waals surface area contributed by atoms with Gasteiger partial charge in [0.25, 0.3) is 0 Å². The molecule has 0 aromatic carbocycles. The van der Waals surface area contributed by atoms with E-state index in [1.807, 2.05) is 11.8 Å². The van der Waals surface area contributed by atoms with E-state index in [1.54, 1.807) is 0 Å². The van der Waals surface area contributed by atoms with Gasteiger partial charge in [0.2, 0.25) is 0 Å². The predicted octanol–water partition coefficient (Wildman–Crippen LogP) is 2.71. The minimum atomic E-state index is -0.717. The summed E-state index contributed by atoms with van der Waals surface area (Å²) in [6, 6.07) is 0. The molecular weight excluding hydrogens is 288 g/mol. The third kappa shape index (κ3) is 5.01. The number of unbranched alkanes of at least 4 members (excludes halogenated alkanes) is 1. The average Bonchev–Trinajstić information content (AvgIpc) is 3.04. The lowest BCUT2D eigenvalue weighted by atomic mass is 9.78. The lowest BCUT2D eigenvalue weighted by Crippen LogP contribution is -2.28. The molecule has 5 heteroatoms. The summed E-state index contributed by atoms with van der Waals surface area (Å²) in [5, 5.41) is 17.5. The number of hydrogen-bond acceptors (Lipinski definition) is 4. The predicted molar refractivity (Wildman–Crippen MR) is 84.5 cm³/mol. The van der Waals surface area contributed by atoms with Crippen molar-refractivity contribution in [2.75, 3.05) is 18.1 Å². The minimum Gasteiger partial charge on any atom is -0.481 e. The van der Waals surface area contributed by atoms with Crippen molar-refractivity contribution in [3.8, 4) is 0 Å². The van der Waals surface area contributed by atoms with Gasteiger partial charge in [-0.1, -0.05) is 12.2 Å². The van der Waals surface area contributed by atoms with Gasteiger partial charge in [-0.05, 0) is 49.7 Å². The Hall–Kier alpha value is -0.520. The Kier molecular flexibility index (Phi) is 7.07. The van der Waals surface area contributed by atoms with Crippen LogP contribution < -0.4 is 0 Å².